The average Bonchev–Trinajstić information content (AvgIpc) is 2.42. The van der Waals surface area contributed by atoms with Crippen molar-refractivity contribution in [1.29, 1.82) is 0 Å². The molecule has 1 aromatic carbocycles. The van der Waals surface area contributed by atoms with Crippen molar-refractivity contribution in [2.75, 3.05) is 6.54 Å². The van der Waals surface area contributed by atoms with Gasteiger partial charge in [0.15, 0.2) is 0 Å². The second-order valence-electron chi connectivity index (χ2n) is 5.80. The Kier molecular flexibility index (Phi) is 5.93. The van der Waals surface area contributed by atoms with Gasteiger partial charge in [0.2, 0.25) is 0 Å². The van der Waals surface area contributed by atoms with Crippen LogP contribution < -0.4 is 10.1 Å². The van der Waals surface area contributed by atoms with E-state index < -0.39 is 0 Å². The first-order valence-electron chi connectivity index (χ1n) is 7.47. The molecule has 0 radical (unpaired) electrons. The van der Waals surface area contributed by atoms with E-state index in [0.29, 0.717) is 10.9 Å². The molecule has 0 fully saturated rings. The van der Waals surface area contributed by atoms with Crippen LogP contribution in [0.4, 0.5) is 0 Å². The van der Waals surface area contributed by atoms with E-state index in [9.17, 15) is 0 Å². The highest BCUT2D eigenvalue weighted by molar-refractivity contribution is 6.32. The Morgan fingerprint density at radius 1 is 1.40 bits per heavy atom. The topological polar surface area (TPSA) is 21.3 Å². The van der Waals surface area contributed by atoms with Crippen LogP contribution in [0.1, 0.15) is 38.7 Å². The Morgan fingerprint density at radius 2 is 2.25 bits per heavy atom. The number of halogens is 1. The normalized spacial score (nSPS) is 18.5. The van der Waals surface area contributed by atoms with Crippen LogP contribution in [0.3, 0.4) is 0 Å². The van der Waals surface area contributed by atoms with Crippen molar-refractivity contribution in [2.45, 2.75) is 45.8 Å². The van der Waals surface area contributed by atoms with Gasteiger partial charge >= 0.3 is 0 Å². The first-order chi connectivity index (χ1) is 9.65. The van der Waals surface area contributed by atoms with E-state index in [4.69, 9.17) is 16.3 Å². The van der Waals surface area contributed by atoms with Crippen LogP contribution in [0.2, 0.25) is 5.02 Å². The molecule has 0 spiro atoms. The standard InChI is InChI=1S/C17H24ClNO/c1-13(2)11-19-12-14-8-9-17(16(18)10-14)20-15-6-4-3-5-7-15/h4,6,8-10,13,15,19H,3,5,7,11-12H2,1-2H3. The molecule has 0 bridgehead atoms. The lowest BCUT2D eigenvalue weighted by molar-refractivity contribution is 0.230. The molecule has 1 N–H and O–H groups in total. The highest BCUT2D eigenvalue weighted by Gasteiger charge is 2.12. The van der Waals surface area contributed by atoms with Gasteiger partial charge in [0.25, 0.3) is 0 Å². The minimum Gasteiger partial charge on any atom is -0.485 e. The maximum atomic E-state index is 6.31. The molecule has 0 heterocycles. The van der Waals surface area contributed by atoms with Crippen LogP contribution in [0, 0.1) is 5.92 Å². The van der Waals surface area contributed by atoms with Gasteiger partial charge in [-0.15, -0.1) is 0 Å². The van der Waals surface area contributed by atoms with Crippen molar-refractivity contribution in [3.05, 3.63) is 40.9 Å². The number of hydrogen-bond acceptors (Lipinski definition) is 2. The summed E-state index contributed by atoms with van der Waals surface area (Å²) in [6, 6.07) is 6.06. The van der Waals surface area contributed by atoms with Gasteiger partial charge in [-0.05, 0) is 55.5 Å². The van der Waals surface area contributed by atoms with E-state index in [1.54, 1.807) is 0 Å². The molecule has 2 nitrogen and oxygen atoms in total. The molecule has 110 valence electrons. The van der Waals surface area contributed by atoms with Gasteiger partial charge in [-0.1, -0.05) is 37.6 Å². The molecule has 0 aliphatic heterocycles. The van der Waals surface area contributed by atoms with Gasteiger partial charge in [-0.3, -0.25) is 0 Å². The monoisotopic (exact) mass is 293 g/mol. The van der Waals surface area contributed by atoms with Crippen LogP contribution >= 0.6 is 11.6 Å². The zero-order valence-electron chi connectivity index (χ0n) is 12.4. The molecule has 1 unspecified atom stereocenters. The molecule has 1 aliphatic rings. The Balaban J connectivity index is 1.91. The lowest BCUT2D eigenvalue weighted by atomic mass is 10.1. The minimum absolute atomic E-state index is 0.172. The van der Waals surface area contributed by atoms with E-state index in [-0.39, 0.29) is 6.10 Å². The summed E-state index contributed by atoms with van der Waals surface area (Å²) < 4.78 is 5.94. The lowest BCUT2D eigenvalue weighted by Gasteiger charge is -2.19. The first kappa shape index (κ1) is 15.4. The van der Waals surface area contributed by atoms with Crippen LogP contribution in [0.5, 0.6) is 5.75 Å². The summed E-state index contributed by atoms with van der Waals surface area (Å²) in [5.41, 5.74) is 1.20. The zero-order chi connectivity index (χ0) is 14.4. The Morgan fingerprint density at radius 3 is 2.90 bits per heavy atom. The average molecular weight is 294 g/mol. The largest absolute Gasteiger partial charge is 0.485 e. The summed E-state index contributed by atoms with van der Waals surface area (Å²) in [5, 5.41) is 4.12. The van der Waals surface area contributed by atoms with Gasteiger partial charge in [-0.2, -0.15) is 0 Å². The summed E-state index contributed by atoms with van der Waals surface area (Å²) in [6.07, 6.45) is 7.92. The molecule has 20 heavy (non-hydrogen) atoms. The summed E-state index contributed by atoms with van der Waals surface area (Å²) in [6.45, 7) is 6.27. The van der Waals surface area contributed by atoms with Crippen LogP contribution in [0.15, 0.2) is 30.4 Å². The first-order valence-corrected chi connectivity index (χ1v) is 7.85. The Labute approximate surface area is 127 Å². The predicted molar refractivity (Wildman–Crippen MR) is 85.4 cm³/mol. The van der Waals surface area contributed by atoms with Crippen molar-refractivity contribution >= 4 is 11.6 Å². The molecule has 0 saturated carbocycles. The third kappa shape index (κ3) is 4.84. The second kappa shape index (κ2) is 7.70. The smallest absolute Gasteiger partial charge is 0.138 e. The number of hydrogen-bond donors (Lipinski definition) is 1. The quantitative estimate of drug-likeness (QED) is 0.776. The molecule has 1 atom stereocenters. The highest BCUT2D eigenvalue weighted by Crippen LogP contribution is 2.28. The lowest BCUT2D eigenvalue weighted by Crippen LogP contribution is -2.19. The summed E-state index contributed by atoms with van der Waals surface area (Å²) in [4.78, 5) is 0. The van der Waals surface area contributed by atoms with Crippen molar-refractivity contribution < 1.29 is 4.74 Å². The zero-order valence-corrected chi connectivity index (χ0v) is 13.1. The van der Waals surface area contributed by atoms with Crippen molar-refractivity contribution in [3.8, 4) is 5.75 Å². The number of nitrogens with one attached hydrogen (secondary N) is 1. The van der Waals surface area contributed by atoms with E-state index in [1.807, 2.05) is 12.1 Å². The molecule has 1 aromatic rings. The van der Waals surface area contributed by atoms with E-state index in [0.717, 1.165) is 31.7 Å². The van der Waals surface area contributed by atoms with E-state index in [1.165, 1.54) is 12.0 Å². The van der Waals surface area contributed by atoms with Gasteiger partial charge in [-0.25, -0.2) is 0 Å². The van der Waals surface area contributed by atoms with Gasteiger partial charge in [0.1, 0.15) is 11.9 Å². The van der Waals surface area contributed by atoms with Gasteiger partial charge in [0, 0.05) is 6.54 Å². The third-order valence-corrected chi connectivity index (χ3v) is 3.66. The molecule has 2 rings (SSSR count). The minimum atomic E-state index is 0.172. The van der Waals surface area contributed by atoms with Gasteiger partial charge in [0.05, 0.1) is 5.02 Å². The maximum absolute atomic E-state index is 6.31. The van der Waals surface area contributed by atoms with Crippen LogP contribution in [-0.4, -0.2) is 12.6 Å². The third-order valence-electron chi connectivity index (χ3n) is 3.37. The molecule has 1 aliphatic carbocycles. The molecular formula is C17H24ClNO. The van der Waals surface area contributed by atoms with Crippen LogP contribution in [0.25, 0.3) is 0 Å². The van der Waals surface area contributed by atoms with Crippen LogP contribution in [-0.2, 0) is 6.54 Å². The van der Waals surface area contributed by atoms with E-state index >= 15 is 0 Å². The van der Waals surface area contributed by atoms with E-state index in [2.05, 4.69) is 37.4 Å². The molecule has 0 saturated heterocycles. The molecular weight excluding hydrogens is 270 g/mol. The fourth-order valence-electron chi connectivity index (χ4n) is 2.30. The molecule has 0 aromatic heterocycles. The fraction of sp³-hybridized carbons (Fsp3) is 0.529. The predicted octanol–water partition coefficient (Wildman–Crippen LogP) is 4.57. The number of ether oxygens (including phenoxy) is 1. The maximum Gasteiger partial charge on any atom is 0.138 e. The number of benzene rings is 1. The Hall–Kier alpha value is -0.990. The van der Waals surface area contributed by atoms with Crippen molar-refractivity contribution in [2.24, 2.45) is 5.92 Å². The highest BCUT2D eigenvalue weighted by atomic mass is 35.5. The number of allylic oxidation sites excluding steroid dienone is 1. The number of rotatable bonds is 6. The molecule has 3 heteroatoms. The summed E-state index contributed by atoms with van der Waals surface area (Å²) >= 11 is 6.31. The fourth-order valence-corrected chi connectivity index (χ4v) is 2.55. The second-order valence-corrected chi connectivity index (χ2v) is 6.21. The van der Waals surface area contributed by atoms with Crippen molar-refractivity contribution in [1.82, 2.24) is 5.32 Å². The Bertz CT molecular complexity index is 456. The SMILES string of the molecule is CC(C)CNCc1ccc(OC2C=CCCC2)c(Cl)c1. The van der Waals surface area contributed by atoms with Gasteiger partial charge < -0.3 is 10.1 Å². The molecule has 0 amide bonds. The summed E-state index contributed by atoms with van der Waals surface area (Å²) in [5.74, 6) is 1.45. The summed E-state index contributed by atoms with van der Waals surface area (Å²) in [7, 11) is 0. The van der Waals surface area contributed by atoms with Crippen molar-refractivity contribution in [3.63, 3.8) is 0 Å².